The number of nitrogen functional groups attached to an aromatic ring is 1. The molecule has 1 amide bonds. The zero-order chi connectivity index (χ0) is 14.0. The van der Waals surface area contributed by atoms with Crippen molar-refractivity contribution in [3.63, 3.8) is 0 Å². The number of carbonyl (C=O) groups is 1. The molecule has 1 aliphatic heterocycles. The number of nitrogens with two attached hydrogens (primary N) is 1. The molecule has 6 heteroatoms. The Hall–Kier alpha value is -0.980. The number of aryl methyl sites for hydroxylation is 1. The summed E-state index contributed by atoms with van der Waals surface area (Å²) in [6, 6.07) is 1.92. The van der Waals surface area contributed by atoms with E-state index in [0.717, 1.165) is 36.7 Å². The van der Waals surface area contributed by atoms with Crippen molar-refractivity contribution in [3.05, 3.63) is 23.2 Å². The molecule has 2 heterocycles. The number of furan rings is 1. The fraction of sp³-hybridized carbons (Fsp3) is 0.615. The predicted molar refractivity (Wildman–Crippen MR) is 76.9 cm³/mol. The van der Waals surface area contributed by atoms with Crippen LogP contribution in [0.2, 0.25) is 0 Å². The Kier molecular flexibility index (Phi) is 4.23. The van der Waals surface area contributed by atoms with E-state index in [1.807, 2.05) is 24.8 Å². The summed E-state index contributed by atoms with van der Waals surface area (Å²) in [7, 11) is 0. The molecule has 106 valence electrons. The van der Waals surface area contributed by atoms with Gasteiger partial charge in [0, 0.05) is 29.2 Å². The Morgan fingerprint density at radius 1 is 1.63 bits per heavy atom. The van der Waals surface area contributed by atoms with Gasteiger partial charge in [-0.1, -0.05) is 0 Å². The van der Waals surface area contributed by atoms with E-state index in [4.69, 9.17) is 10.3 Å². The number of amides is 1. The van der Waals surface area contributed by atoms with Crippen LogP contribution in [-0.4, -0.2) is 34.4 Å². The van der Waals surface area contributed by atoms with Crippen LogP contribution in [0, 0.1) is 6.92 Å². The van der Waals surface area contributed by atoms with Crippen LogP contribution < -0.4 is 11.3 Å². The summed E-state index contributed by atoms with van der Waals surface area (Å²) in [5, 5.41) is 0. The zero-order valence-corrected chi connectivity index (χ0v) is 12.5. The van der Waals surface area contributed by atoms with Crippen molar-refractivity contribution in [2.24, 2.45) is 5.84 Å². The fourth-order valence-corrected chi connectivity index (χ4v) is 3.56. The lowest BCUT2D eigenvalue weighted by Gasteiger charge is -2.37. The standard InChI is InChI=1S/C13H21N3O2S/c1-9-6-10(18-11(9)12(17)15-14)7-16-4-5-19-13(2,3)8-16/h6H,4-5,7-8,14H2,1-3H3,(H,15,17). The Morgan fingerprint density at radius 2 is 2.37 bits per heavy atom. The molecule has 0 unspecified atom stereocenters. The molecule has 0 atom stereocenters. The highest BCUT2D eigenvalue weighted by Crippen LogP contribution is 2.30. The van der Waals surface area contributed by atoms with Gasteiger partial charge in [-0.05, 0) is 26.8 Å². The van der Waals surface area contributed by atoms with Gasteiger partial charge in [0.1, 0.15) is 5.76 Å². The van der Waals surface area contributed by atoms with E-state index < -0.39 is 0 Å². The van der Waals surface area contributed by atoms with Gasteiger partial charge in [0.05, 0.1) is 6.54 Å². The number of thioether (sulfide) groups is 1. The Labute approximate surface area is 117 Å². The average Bonchev–Trinajstić information content (AvgIpc) is 2.68. The summed E-state index contributed by atoms with van der Waals surface area (Å²) in [6.07, 6.45) is 0. The van der Waals surface area contributed by atoms with E-state index in [0.29, 0.717) is 5.76 Å². The molecule has 19 heavy (non-hydrogen) atoms. The lowest BCUT2D eigenvalue weighted by Crippen LogP contribution is -2.42. The third-order valence-corrected chi connectivity index (χ3v) is 4.49. The van der Waals surface area contributed by atoms with Crippen LogP contribution in [0.5, 0.6) is 0 Å². The lowest BCUT2D eigenvalue weighted by atomic mass is 10.2. The second-order valence-electron chi connectivity index (χ2n) is 5.52. The molecule has 1 aromatic rings. The van der Waals surface area contributed by atoms with E-state index >= 15 is 0 Å². The van der Waals surface area contributed by atoms with Crippen LogP contribution >= 0.6 is 11.8 Å². The second-order valence-corrected chi connectivity index (χ2v) is 7.32. The third kappa shape index (κ3) is 3.52. The summed E-state index contributed by atoms with van der Waals surface area (Å²) in [6.45, 7) is 9.17. The van der Waals surface area contributed by atoms with Gasteiger partial charge in [-0.25, -0.2) is 5.84 Å². The summed E-state index contributed by atoms with van der Waals surface area (Å²) >= 11 is 2.00. The maximum Gasteiger partial charge on any atom is 0.301 e. The maximum absolute atomic E-state index is 11.5. The van der Waals surface area contributed by atoms with Gasteiger partial charge in [0.15, 0.2) is 5.76 Å². The number of carbonyl (C=O) groups excluding carboxylic acids is 1. The Morgan fingerprint density at radius 3 is 3.00 bits per heavy atom. The first-order valence-corrected chi connectivity index (χ1v) is 7.36. The zero-order valence-electron chi connectivity index (χ0n) is 11.7. The van der Waals surface area contributed by atoms with Crippen LogP contribution in [0.4, 0.5) is 0 Å². The maximum atomic E-state index is 11.5. The highest BCUT2D eigenvalue weighted by atomic mass is 32.2. The van der Waals surface area contributed by atoms with Crippen molar-refractivity contribution in [2.75, 3.05) is 18.8 Å². The Balaban J connectivity index is 2.05. The van der Waals surface area contributed by atoms with Crippen LogP contribution in [-0.2, 0) is 6.54 Å². The van der Waals surface area contributed by atoms with Gasteiger partial charge in [-0.2, -0.15) is 11.8 Å². The highest BCUT2D eigenvalue weighted by Gasteiger charge is 2.27. The van der Waals surface area contributed by atoms with Crippen molar-refractivity contribution in [1.82, 2.24) is 10.3 Å². The smallest absolute Gasteiger partial charge is 0.301 e. The number of nitrogens with one attached hydrogen (secondary N) is 1. The van der Waals surface area contributed by atoms with Gasteiger partial charge in [0.2, 0.25) is 0 Å². The van der Waals surface area contributed by atoms with E-state index in [1.165, 1.54) is 0 Å². The molecular weight excluding hydrogens is 262 g/mol. The summed E-state index contributed by atoms with van der Waals surface area (Å²) in [5.74, 6) is 7.01. The first kappa shape index (κ1) is 14.4. The fourth-order valence-electron chi connectivity index (χ4n) is 2.39. The number of rotatable bonds is 3. The van der Waals surface area contributed by atoms with Crippen molar-refractivity contribution < 1.29 is 9.21 Å². The van der Waals surface area contributed by atoms with Crippen LogP contribution in [0.3, 0.4) is 0 Å². The summed E-state index contributed by atoms with van der Waals surface area (Å²) in [5.41, 5.74) is 2.93. The second kappa shape index (κ2) is 5.56. The van der Waals surface area contributed by atoms with Crippen molar-refractivity contribution in [2.45, 2.75) is 32.1 Å². The van der Waals surface area contributed by atoms with Gasteiger partial charge in [-0.15, -0.1) is 0 Å². The quantitative estimate of drug-likeness (QED) is 0.500. The molecule has 0 spiro atoms. The molecule has 1 aliphatic rings. The molecule has 3 N–H and O–H groups in total. The average molecular weight is 283 g/mol. The van der Waals surface area contributed by atoms with E-state index in [9.17, 15) is 4.79 Å². The van der Waals surface area contributed by atoms with Gasteiger partial charge < -0.3 is 4.42 Å². The number of hydrogen-bond donors (Lipinski definition) is 2. The minimum absolute atomic E-state index is 0.275. The minimum atomic E-state index is -0.377. The largest absolute Gasteiger partial charge is 0.454 e. The molecule has 1 fully saturated rings. The lowest BCUT2D eigenvalue weighted by molar-refractivity contribution is 0.0921. The van der Waals surface area contributed by atoms with E-state index in [2.05, 4.69) is 24.2 Å². The number of nitrogens with zero attached hydrogens (tertiary/aromatic N) is 1. The molecule has 2 rings (SSSR count). The molecule has 0 aromatic carbocycles. The van der Waals surface area contributed by atoms with Crippen LogP contribution in [0.25, 0.3) is 0 Å². The molecule has 0 aliphatic carbocycles. The monoisotopic (exact) mass is 283 g/mol. The first-order valence-electron chi connectivity index (χ1n) is 6.38. The van der Waals surface area contributed by atoms with Gasteiger partial charge in [-0.3, -0.25) is 15.1 Å². The summed E-state index contributed by atoms with van der Waals surface area (Å²) < 4.78 is 5.87. The molecule has 5 nitrogen and oxygen atoms in total. The Bertz CT molecular complexity index is 470. The molecular formula is C13H21N3O2S. The van der Waals surface area contributed by atoms with Gasteiger partial charge >= 0.3 is 5.91 Å². The summed E-state index contributed by atoms with van der Waals surface area (Å²) in [4.78, 5) is 13.9. The minimum Gasteiger partial charge on any atom is -0.454 e. The van der Waals surface area contributed by atoms with Crippen molar-refractivity contribution in [1.29, 1.82) is 0 Å². The van der Waals surface area contributed by atoms with Crippen LogP contribution in [0.15, 0.2) is 10.5 Å². The van der Waals surface area contributed by atoms with Gasteiger partial charge in [0.25, 0.3) is 0 Å². The third-order valence-electron chi connectivity index (χ3n) is 3.19. The topological polar surface area (TPSA) is 71.5 Å². The highest BCUT2D eigenvalue weighted by molar-refractivity contribution is 8.00. The van der Waals surface area contributed by atoms with E-state index in [-0.39, 0.29) is 10.7 Å². The molecule has 0 bridgehead atoms. The van der Waals surface area contributed by atoms with E-state index in [1.54, 1.807) is 0 Å². The molecule has 1 aromatic heterocycles. The first-order chi connectivity index (χ1) is 8.91. The number of hydrazine groups is 1. The van der Waals surface area contributed by atoms with Crippen molar-refractivity contribution in [3.8, 4) is 0 Å². The molecule has 0 saturated carbocycles. The normalized spacial score (nSPS) is 19.4. The number of hydrogen-bond acceptors (Lipinski definition) is 5. The molecule has 0 radical (unpaired) electrons. The molecule has 1 saturated heterocycles. The SMILES string of the molecule is Cc1cc(CN2CCSC(C)(C)C2)oc1C(=O)NN. The van der Waals surface area contributed by atoms with Crippen LogP contribution in [0.1, 0.15) is 35.7 Å². The van der Waals surface area contributed by atoms with Crippen molar-refractivity contribution >= 4 is 17.7 Å². The predicted octanol–water partition coefficient (Wildman–Crippen LogP) is 1.52.